The van der Waals surface area contributed by atoms with E-state index in [4.69, 9.17) is 0 Å². The number of hydrogen-bond acceptors (Lipinski definition) is 4. The fourth-order valence-electron chi connectivity index (χ4n) is 4.11. The van der Waals surface area contributed by atoms with Crippen LogP contribution in [-0.2, 0) is 9.59 Å². The van der Waals surface area contributed by atoms with Crippen molar-refractivity contribution in [3.8, 4) is 0 Å². The molecule has 2 aliphatic heterocycles. The lowest BCUT2D eigenvalue weighted by molar-refractivity contribution is -0.117. The Morgan fingerprint density at radius 2 is 1.82 bits per heavy atom. The number of benzene rings is 2. The molecule has 2 heterocycles. The van der Waals surface area contributed by atoms with Crippen LogP contribution in [-0.4, -0.2) is 29.7 Å². The SMILES string of the molecule is Cc1ccc(N2C(=O)CSC2c2ccc3c(c2)N(C2CC2)C(C)C(=O)N3)cc1. The maximum absolute atomic E-state index is 12.6. The van der Waals surface area contributed by atoms with Crippen molar-refractivity contribution in [2.24, 2.45) is 0 Å². The summed E-state index contributed by atoms with van der Waals surface area (Å²) in [7, 11) is 0. The molecule has 5 nitrogen and oxygen atoms in total. The number of rotatable bonds is 3. The summed E-state index contributed by atoms with van der Waals surface area (Å²) in [4.78, 5) is 29.1. The average molecular weight is 394 g/mol. The van der Waals surface area contributed by atoms with Crippen LogP contribution >= 0.6 is 11.8 Å². The molecule has 2 amide bonds. The number of carbonyl (C=O) groups excluding carboxylic acids is 2. The van der Waals surface area contributed by atoms with Crippen LogP contribution in [0, 0.1) is 6.92 Å². The molecule has 28 heavy (non-hydrogen) atoms. The third-order valence-electron chi connectivity index (χ3n) is 5.76. The number of amides is 2. The van der Waals surface area contributed by atoms with Crippen molar-refractivity contribution in [3.63, 3.8) is 0 Å². The van der Waals surface area contributed by atoms with Crippen molar-refractivity contribution in [1.82, 2.24) is 0 Å². The molecule has 2 aromatic rings. The van der Waals surface area contributed by atoms with Gasteiger partial charge in [-0.25, -0.2) is 0 Å². The lowest BCUT2D eigenvalue weighted by Crippen LogP contribution is -2.47. The molecule has 2 unspecified atom stereocenters. The van der Waals surface area contributed by atoms with Crippen LogP contribution in [0.3, 0.4) is 0 Å². The number of nitrogens with zero attached hydrogens (tertiary/aromatic N) is 2. The van der Waals surface area contributed by atoms with Gasteiger partial charge in [0.25, 0.3) is 0 Å². The van der Waals surface area contributed by atoms with E-state index in [2.05, 4.69) is 16.3 Å². The number of nitrogens with one attached hydrogen (secondary N) is 1. The highest BCUT2D eigenvalue weighted by atomic mass is 32.2. The first-order valence-corrected chi connectivity index (χ1v) is 10.8. The zero-order valence-corrected chi connectivity index (χ0v) is 16.8. The molecule has 5 rings (SSSR count). The summed E-state index contributed by atoms with van der Waals surface area (Å²) in [6, 6.07) is 14.6. The second-order valence-corrected chi connectivity index (χ2v) is 8.91. The minimum absolute atomic E-state index is 0.0468. The normalized spacial score (nSPS) is 24.4. The van der Waals surface area contributed by atoms with E-state index in [0.29, 0.717) is 11.8 Å². The molecule has 0 bridgehead atoms. The molecule has 2 aromatic carbocycles. The van der Waals surface area contributed by atoms with E-state index in [1.807, 2.05) is 55.1 Å². The first-order valence-electron chi connectivity index (χ1n) is 9.76. The van der Waals surface area contributed by atoms with Gasteiger partial charge in [0.1, 0.15) is 11.4 Å². The number of hydrogen-bond donors (Lipinski definition) is 1. The largest absolute Gasteiger partial charge is 0.355 e. The monoisotopic (exact) mass is 393 g/mol. The Morgan fingerprint density at radius 1 is 1.07 bits per heavy atom. The van der Waals surface area contributed by atoms with Gasteiger partial charge < -0.3 is 10.2 Å². The maximum Gasteiger partial charge on any atom is 0.246 e. The van der Waals surface area contributed by atoms with Gasteiger partial charge in [0.05, 0.1) is 17.1 Å². The second kappa shape index (κ2) is 6.55. The molecule has 0 spiro atoms. The summed E-state index contributed by atoms with van der Waals surface area (Å²) >= 11 is 1.66. The quantitative estimate of drug-likeness (QED) is 0.854. The predicted molar refractivity (Wildman–Crippen MR) is 114 cm³/mol. The number of fused-ring (bicyclic) bond motifs is 1. The fourth-order valence-corrected chi connectivity index (χ4v) is 5.28. The van der Waals surface area contributed by atoms with Crippen LogP contribution in [0.25, 0.3) is 0 Å². The summed E-state index contributed by atoms with van der Waals surface area (Å²) in [5.74, 6) is 0.672. The van der Waals surface area contributed by atoms with Crippen molar-refractivity contribution >= 4 is 40.6 Å². The van der Waals surface area contributed by atoms with E-state index in [9.17, 15) is 9.59 Å². The van der Waals surface area contributed by atoms with Crippen molar-refractivity contribution < 1.29 is 9.59 Å². The third-order valence-corrected chi connectivity index (χ3v) is 6.97. The summed E-state index contributed by atoms with van der Waals surface area (Å²) in [5.41, 5.74) is 5.16. The summed E-state index contributed by atoms with van der Waals surface area (Å²) < 4.78 is 0. The smallest absolute Gasteiger partial charge is 0.246 e. The Kier molecular flexibility index (Phi) is 4.12. The highest BCUT2D eigenvalue weighted by Crippen LogP contribution is 2.46. The molecule has 0 radical (unpaired) electrons. The van der Waals surface area contributed by atoms with Crippen molar-refractivity contribution in [2.45, 2.75) is 44.1 Å². The summed E-state index contributed by atoms with van der Waals surface area (Å²) in [6.45, 7) is 4.02. The first kappa shape index (κ1) is 17.6. The minimum atomic E-state index is -0.165. The predicted octanol–water partition coefficient (Wildman–Crippen LogP) is 4.08. The molecular weight excluding hydrogens is 370 g/mol. The van der Waals surface area contributed by atoms with E-state index in [1.165, 1.54) is 5.56 Å². The van der Waals surface area contributed by atoms with Crippen LogP contribution in [0.2, 0.25) is 0 Å². The molecule has 0 aromatic heterocycles. The topological polar surface area (TPSA) is 52.7 Å². The van der Waals surface area contributed by atoms with E-state index >= 15 is 0 Å². The molecule has 144 valence electrons. The maximum atomic E-state index is 12.6. The molecular formula is C22H23N3O2S. The van der Waals surface area contributed by atoms with E-state index in [0.717, 1.165) is 35.5 Å². The minimum Gasteiger partial charge on any atom is -0.355 e. The zero-order chi connectivity index (χ0) is 19.4. The van der Waals surface area contributed by atoms with Gasteiger partial charge in [-0.15, -0.1) is 11.8 Å². The van der Waals surface area contributed by atoms with Crippen LogP contribution in [0.5, 0.6) is 0 Å². The molecule has 2 atom stereocenters. The fraction of sp³-hybridized carbons (Fsp3) is 0.364. The van der Waals surface area contributed by atoms with E-state index in [1.54, 1.807) is 11.8 Å². The molecule has 1 saturated carbocycles. The Bertz CT molecular complexity index is 955. The van der Waals surface area contributed by atoms with Crippen LogP contribution in [0.15, 0.2) is 42.5 Å². The van der Waals surface area contributed by atoms with Gasteiger partial charge in [0, 0.05) is 11.7 Å². The van der Waals surface area contributed by atoms with Crippen molar-refractivity contribution in [2.75, 3.05) is 20.9 Å². The summed E-state index contributed by atoms with van der Waals surface area (Å²) in [6.07, 6.45) is 2.26. The molecule has 1 saturated heterocycles. The Morgan fingerprint density at radius 3 is 2.54 bits per heavy atom. The second-order valence-electron chi connectivity index (χ2n) is 7.84. The van der Waals surface area contributed by atoms with Gasteiger partial charge in [-0.1, -0.05) is 23.8 Å². The van der Waals surface area contributed by atoms with Gasteiger partial charge in [-0.2, -0.15) is 0 Å². The van der Waals surface area contributed by atoms with Crippen molar-refractivity contribution in [3.05, 3.63) is 53.6 Å². The molecule has 1 N–H and O–H groups in total. The van der Waals surface area contributed by atoms with Gasteiger partial charge in [0.15, 0.2) is 0 Å². The van der Waals surface area contributed by atoms with Gasteiger partial charge in [-0.05, 0) is 56.5 Å². The Labute approximate surface area is 169 Å². The number of anilines is 3. The van der Waals surface area contributed by atoms with E-state index in [-0.39, 0.29) is 23.2 Å². The lowest BCUT2D eigenvalue weighted by Gasteiger charge is -2.37. The molecule has 1 aliphatic carbocycles. The number of carbonyl (C=O) groups is 2. The number of thioether (sulfide) groups is 1. The number of aryl methyl sites for hydroxylation is 1. The molecule has 6 heteroatoms. The first-order chi connectivity index (χ1) is 13.5. The average Bonchev–Trinajstić information content (AvgIpc) is 3.45. The highest BCUT2D eigenvalue weighted by Gasteiger charge is 2.40. The third kappa shape index (κ3) is 2.87. The van der Waals surface area contributed by atoms with Crippen LogP contribution in [0.4, 0.5) is 17.1 Å². The van der Waals surface area contributed by atoms with E-state index < -0.39 is 0 Å². The lowest BCUT2D eigenvalue weighted by atomic mass is 10.1. The van der Waals surface area contributed by atoms with Crippen LogP contribution in [0.1, 0.15) is 36.3 Å². The molecule has 2 fully saturated rings. The van der Waals surface area contributed by atoms with Gasteiger partial charge >= 0.3 is 0 Å². The zero-order valence-electron chi connectivity index (χ0n) is 16.0. The van der Waals surface area contributed by atoms with Gasteiger partial charge in [-0.3, -0.25) is 14.5 Å². The van der Waals surface area contributed by atoms with Crippen LogP contribution < -0.4 is 15.1 Å². The standard InChI is InChI=1S/C22H23N3O2S/c1-13-3-6-17(7-4-13)25-20(26)12-28-22(25)15-5-10-18-19(11-15)24(16-8-9-16)14(2)21(27)23-18/h3-7,10-11,14,16,22H,8-9,12H2,1-2H3,(H,23,27). The molecule has 3 aliphatic rings. The Balaban J connectivity index is 1.53. The van der Waals surface area contributed by atoms with Gasteiger partial charge in [0.2, 0.25) is 11.8 Å². The Hall–Kier alpha value is -2.47. The summed E-state index contributed by atoms with van der Waals surface area (Å²) in [5, 5.41) is 2.98. The van der Waals surface area contributed by atoms with Crippen molar-refractivity contribution in [1.29, 1.82) is 0 Å². The highest BCUT2D eigenvalue weighted by molar-refractivity contribution is 8.00.